The molecular formula is C42H57F3N10O4. The second-order valence-corrected chi connectivity index (χ2v) is 15.8. The van der Waals surface area contributed by atoms with Crippen molar-refractivity contribution in [3.8, 4) is 0 Å². The third kappa shape index (κ3) is 12.1. The Kier molecular flexibility index (Phi) is 15.3. The van der Waals surface area contributed by atoms with Crippen LogP contribution in [0, 0.1) is 5.92 Å². The number of piperazine rings is 1. The van der Waals surface area contributed by atoms with Gasteiger partial charge in [-0.15, -0.1) is 0 Å². The van der Waals surface area contributed by atoms with Gasteiger partial charge in [0.1, 0.15) is 35.6 Å². The van der Waals surface area contributed by atoms with Gasteiger partial charge in [0.25, 0.3) is 11.5 Å². The van der Waals surface area contributed by atoms with Gasteiger partial charge in [0.2, 0.25) is 5.91 Å². The van der Waals surface area contributed by atoms with Gasteiger partial charge in [-0.3, -0.25) is 23.9 Å². The first-order valence-electron chi connectivity index (χ1n) is 20.1. The van der Waals surface area contributed by atoms with Crippen LogP contribution in [0.15, 0.2) is 65.7 Å². The summed E-state index contributed by atoms with van der Waals surface area (Å²) in [4.78, 5) is 52.6. The van der Waals surface area contributed by atoms with E-state index in [1.54, 1.807) is 20.0 Å². The third-order valence-corrected chi connectivity index (χ3v) is 10.6. The van der Waals surface area contributed by atoms with Gasteiger partial charge in [-0.2, -0.15) is 13.2 Å². The van der Waals surface area contributed by atoms with E-state index in [0.29, 0.717) is 60.6 Å². The van der Waals surface area contributed by atoms with E-state index in [1.807, 2.05) is 49.1 Å². The molecule has 0 aliphatic carbocycles. The Balaban J connectivity index is 1.09. The molecule has 320 valence electrons. The average molecular weight is 823 g/mol. The summed E-state index contributed by atoms with van der Waals surface area (Å²) < 4.78 is 41.9. The number of carbonyl (C=O) groups excluding carboxylic acids is 2. The van der Waals surface area contributed by atoms with Crippen molar-refractivity contribution in [1.82, 2.24) is 30.1 Å². The van der Waals surface area contributed by atoms with Crippen LogP contribution in [0.2, 0.25) is 0 Å². The fraction of sp³-hybridized carbons (Fsp3) is 0.500. The molecule has 5 rings (SSSR count). The maximum Gasteiger partial charge on any atom is 0.416 e. The average Bonchev–Trinajstić information content (AvgIpc) is 3.20. The lowest BCUT2D eigenvalue weighted by molar-refractivity contribution is -0.137. The smallest absolute Gasteiger partial charge is 0.399 e. The van der Waals surface area contributed by atoms with Crippen molar-refractivity contribution in [3.05, 3.63) is 88.0 Å². The predicted molar refractivity (Wildman–Crippen MR) is 224 cm³/mol. The van der Waals surface area contributed by atoms with Crippen LogP contribution in [0.4, 0.5) is 30.4 Å². The Morgan fingerprint density at radius 2 is 1.66 bits per heavy atom. The number of alkyl halides is 3. The lowest BCUT2D eigenvalue weighted by Gasteiger charge is -2.36. The quantitative estimate of drug-likeness (QED) is 0.0628. The number of rotatable bonds is 18. The van der Waals surface area contributed by atoms with Crippen molar-refractivity contribution < 1.29 is 27.9 Å². The second-order valence-electron chi connectivity index (χ2n) is 15.8. The number of amides is 2. The molecule has 0 saturated carbocycles. The summed E-state index contributed by atoms with van der Waals surface area (Å²) in [5.41, 5.74) is 13.0. The molecule has 4 aromatic rings. The maximum absolute atomic E-state index is 13.5. The number of nitrogen functional groups attached to an aromatic ring is 1. The summed E-state index contributed by atoms with van der Waals surface area (Å²) >= 11 is 0. The van der Waals surface area contributed by atoms with Crippen molar-refractivity contribution in [1.29, 1.82) is 0 Å². The van der Waals surface area contributed by atoms with Crippen molar-refractivity contribution in [2.45, 2.75) is 83.3 Å². The van der Waals surface area contributed by atoms with E-state index in [4.69, 9.17) is 11.5 Å². The van der Waals surface area contributed by atoms with Crippen LogP contribution in [0.25, 0.3) is 11.0 Å². The molecule has 0 spiro atoms. The number of halogens is 3. The fourth-order valence-corrected chi connectivity index (χ4v) is 7.31. The summed E-state index contributed by atoms with van der Waals surface area (Å²) in [7, 11) is 1.63. The molecule has 8 N–H and O–H groups in total. The molecular weight excluding hydrogens is 766 g/mol. The second kappa shape index (κ2) is 20.1. The highest BCUT2D eigenvalue weighted by Crippen LogP contribution is 2.34. The van der Waals surface area contributed by atoms with E-state index in [-0.39, 0.29) is 23.1 Å². The molecule has 17 heteroatoms. The number of pyridine rings is 1. The molecule has 0 radical (unpaired) electrons. The number of unbranched alkanes of at least 4 members (excludes halogenated alkanes) is 2. The van der Waals surface area contributed by atoms with Gasteiger partial charge >= 0.3 is 6.18 Å². The molecule has 3 heterocycles. The van der Waals surface area contributed by atoms with Gasteiger partial charge in [0.15, 0.2) is 0 Å². The van der Waals surface area contributed by atoms with Gasteiger partial charge in [0.05, 0.1) is 17.0 Å². The number of nitrogens with zero attached hydrogens (tertiary/aromatic N) is 5. The number of carbonyl (C=O) groups is 2. The highest BCUT2D eigenvalue weighted by molar-refractivity contribution is 5.90. The van der Waals surface area contributed by atoms with Crippen LogP contribution in [0.3, 0.4) is 0 Å². The molecule has 2 aromatic carbocycles. The highest BCUT2D eigenvalue weighted by Gasteiger charge is 2.32. The van der Waals surface area contributed by atoms with Gasteiger partial charge in [0, 0.05) is 51.5 Å². The summed E-state index contributed by atoms with van der Waals surface area (Å²) in [5, 5.41) is 20.0. The lowest BCUT2D eigenvalue weighted by Crippen LogP contribution is -2.54. The van der Waals surface area contributed by atoms with Gasteiger partial charge in [-0.1, -0.05) is 50.6 Å². The monoisotopic (exact) mass is 822 g/mol. The normalized spacial score (nSPS) is 15.8. The van der Waals surface area contributed by atoms with Crippen molar-refractivity contribution >= 4 is 40.0 Å². The van der Waals surface area contributed by atoms with E-state index in [9.17, 15) is 32.7 Å². The molecule has 1 aliphatic rings. The van der Waals surface area contributed by atoms with E-state index >= 15 is 0 Å². The Labute approximate surface area is 342 Å². The number of aliphatic hydroxyl groups is 1. The molecule has 4 atom stereocenters. The van der Waals surface area contributed by atoms with E-state index in [0.717, 1.165) is 56.6 Å². The zero-order valence-electron chi connectivity index (χ0n) is 34.1. The minimum Gasteiger partial charge on any atom is -0.399 e. The van der Waals surface area contributed by atoms with Gasteiger partial charge in [-0.25, -0.2) is 9.97 Å². The minimum atomic E-state index is -4.55. The lowest BCUT2D eigenvalue weighted by atomic mass is 9.99. The van der Waals surface area contributed by atoms with E-state index in [2.05, 4.69) is 30.8 Å². The molecule has 0 bridgehead atoms. The maximum atomic E-state index is 13.5. The fourth-order valence-electron chi connectivity index (χ4n) is 7.31. The van der Waals surface area contributed by atoms with Crippen LogP contribution < -0.4 is 37.9 Å². The van der Waals surface area contributed by atoms with Crippen LogP contribution >= 0.6 is 0 Å². The SMILES string of the molecule is CC(C)C[C@H](NC(=O)[C@@H](O)[C@H](N)Cc1ccccc1)C(=O)NCCCCCN1CCN(c2cc3c(N[C@H](C)c4cc(N)cc(C(F)(F)F)c4)ncnc3n(C)c2=O)CC1. The number of aliphatic hydroxyl groups excluding tert-OH is 1. The largest absolute Gasteiger partial charge is 0.416 e. The number of fused-ring (bicyclic) bond motifs is 1. The number of hydrogen-bond donors (Lipinski definition) is 6. The molecule has 1 fully saturated rings. The van der Waals surface area contributed by atoms with Crippen molar-refractivity contribution in [2.75, 3.05) is 55.2 Å². The van der Waals surface area contributed by atoms with Crippen LogP contribution in [-0.2, 0) is 29.2 Å². The first kappa shape index (κ1) is 44.8. The number of nitrogens with two attached hydrogens (primary N) is 2. The number of anilines is 3. The molecule has 2 amide bonds. The molecule has 1 aliphatic heterocycles. The Morgan fingerprint density at radius 3 is 2.34 bits per heavy atom. The van der Waals surface area contributed by atoms with Crippen LogP contribution in [0.5, 0.6) is 0 Å². The number of hydrogen-bond acceptors (Lipinski definition) is 11. The first-order chi connectivity index (χ1) is 28.0. The zero-order chi connectivity index (χ0) is 42.9. The molecule has 0 unspecified atom stereocenters. The van der Waals surface area contributed by atoms with Crippen molar-refractivity contribution in [2.24, 2.45) is 18.7 Å². The summed E-state index contributed by atoms with van der Waals surface area (Å²) in [5.74, 6) is -0.454. The predicted octanol–water partition coefficient (Wildman–Crippen LogP) is 3.97. The van der Waals surface area contributed by atoms with Gasteiger partial charge in [-0.05, 0) is 80.5 Å². The van der Waals surface area contributed by atoms with Gasteiger partial charge < -0.3 is 37.4 Å². The first-order valence-corrected chi connectivity index (χ1v) is 20.1. The molecule has 2 aromatic heterocycles. The van der Waals surface area contributed by atoms with E-state index in [1.165, 1.54) is 17.0 Å². The minimum absolute atomic E-state index is 0.00233. The van der Waals surface area contributed by atoms with Crippen LogP contribution in [-0.4, -0.2) is 93.8 Å². The standard InChI is InChI=1S/C42H57F3N10O4/c1-26(2)19-34(52-40(58)36(56)33(47)20-28-11-7-5-8-12-28)39(57)48-13-9-6-10-14-54-15-17-55(18-16-54)35-24-32-37(49-25-50-38(32)53(4)41(35)59)51-27(3)29-21-30(42(43,44)45)23-31(46)22-29/h5,7-8,11-12,21-27,33-34,36,56H,6,9-10,13-20,46-47H2,1-4H3,(H,48,57)(H,52,58)(H,49,50,51)/t27-,33-,34+,36+/m1/s1. The topological polar surface area (TPSA) is 197 Å². The summed E-state index contributed by atoms with van der Waals surface area (Å²) in [6, 6.07) is 12.3. The number of benzene rings is 2. The Hall–Kier alpha value is -5.26. The summed E-state index contributed by atoms with van der Waals surface area (Å²) in [6.07, 6.45) is -1.42. The number of aryl methyl sites for hydroxylation is 1. The number of aromatic nitrogens is 3. The number of nitrogens with one attached hydrogen (secondary N) is 3. The van der Waals surface area contributed by atoms with E-state index < -0.39 is 41.9 Å². The molecule has 59 heavy (non-hydrogen) atoms. The van der Waals surface area contributed by atoms with Crippen LogP contribution in [0.1, 0.15) is 69.2 Å². The zero-order valence-corrected chi connectivity index (χ0v) is 34.1. The van der Waals surface area contributed by atoms with Crippen molar-refractivity contribution in [3.63, 3.8) is 0 Å². The Bertz CT molecular complexity index is 2090. The summed E-state index contributed by atoms with van der Waals surface area (Å²) in [6.45, 7) is 9.63. The Morgan fingerprint density at radius 1 is 0.949 bits per heavy atom. The molecule has 1 saturated heterocycles. The molecule has 14 nitrogen and oxygen atoms in total. The highest BCUT2D eigenvalue weighted by atomic mass is 19.4. The third-order valence-electron chi connectivity index (χ3n) is 10.6.